The highest BCUT2D eigenvalue weighted by molar-refractivity contribution is 5.96. The molecule has 0 radical (unpaired) electrons. The molecular formula is C16H21N3O4. The number of carbonyl (C=O) groups is 2. The Labute approximate surface area is 135 Å². The van der Waals surface area contributed by atoms with Gasteiger partial charge >= 0.3 is 6.03 Å². The average molecular weight is 319 g/mol. The van der Waals surface area contributed by atoms with Gasteiger partial charge in [-0.1, -0.05) is 0 Å². The van der Waals surface area contributed by atoms with Gasteiger partial charge in [-0.3, -0.25) is 9.69 Å². The number of carbonyl (C=O) groups excluding carboxylic acids is 2. The number of amides is 3. The van der Waals surface area contributed by atoms with E-state index in [1.807, 2.05) is 32.0 Å². The van der Waals surface area contributed by atoms with Crippen LogP contribution in [0.25, 0.3) is 0 Å². The first-order chi connectivity index (χ1) is 11.0. The van der Waals surface area contributed by atoms with Crippen LogP contribution in [-0.4, -0.2) is 55.7 Å². The molecule has 2 aliphatic heterocycles. The normalized spacial score (nSPS) is 16.9. The van der Waals surface area contributed by atoms with Crippen molar-refractivity contribution < 1.29 is 19.1 Å². The summed E-state index contributed by atoms with van der Waals surface area (Å²) in [5.41, 5.74) is 0.756. The van der Waals surface area contributed by atoms with Gasteiger partial charge in [0, 0.05) is 30.9 Å². The third kappa shape index (κ3) is 3.33. The van der Waals surface area contributed by atoms with Gasteiger partial charge in [-0.05, 0) is 26.0 Å². The van der Waals surface area contributed by atoms with Crippen LogP contribution in [0.3, 0.4) is 0 Å². The number of benzene rings is 1. The minimum Gasteiger partial charge on any atom is -0.486 e. The molecule has 1 N–H and O–H groups in total. The Bertz CT molecular complexity index is 617. The molecule has 0 saturated carbocycles. The Balaban J connectivity index is 1.68. The van der Waals surface area contributed by atoms with Gasteiger partial charge in [0.25, 0.3) is 0 Å². The molecule has 1 aromatic carbocycles. The lowest BCUT2D eigenvalue weighted by molar-refractivity contribution is -0.122. The fraction of sp³-hybridized carbons (Fsp3) is 0.500. The van der Waals surface area contributed by atoms with E-state index in [4.69, 9.17) is 9.47 Å². The second kappa shape index (κ2) is 6.36. The number of nitrogens with zero attached hydrogens (tertiary/aromatic N) is 2. The molecule has 0 unspecified atom stereocenters. The number of fused-ring (bicyclic) bond motifs is 1. The molecule has 2 aliphatic rings. The maximum atomic E-state index is 12.5. The first-order valence-electron chi connectivity index (χ1n) is 7.80. The van der Waals surface area contributed by atoms with Crippen LogP contribution in [0.2, 0.25) is 0 Å². The lowest BCUT2D eigenvalue weighted by Crippen LogP contribution is -2.42. The van der Waals surface area contributed by atoms with E-state index in [0.717, 1.165) is 5.69 Å². The lowest BCUT2D eigenvalue weighted by Gasteiger charge is -2.22. The summed E-state index contributed by atoms with van der Waals surface area (Å²) in [5.74, 6) is 1.20. The summed E-state index contributed by atoms with van der Waals surface area (Å²) in [7, 11) is 0. The summed E-state index contributed by atoms with van der Waals surface area (Å²) >= 11 is 0. The Morgan fingerprint density at radius 2 is 1.96 bits per heavy atom. The molecule has 1 aromatic rings. The van der Waals surface area contributed by atoms with E-state index in [2.05, 4.69) is 5.32 Å². The van der Waals surface area contributed by atoms with Gasteiger partial charge in [0.2, 0.25) is 5.91 Å². The van der Waals surface area contributed by atoms with Crippen LogP contribution >= 0.6 is 0 Å². The third-order valence-corrected chi connectivity index (χ3v) is 3.72. The zero-order valence-electron chi connectivity index (χ0n) is 13.4. The molecule has 0 bridgehead atoms. The Morgan fingerprint density at radius 1 is 1.22 bits per heavy atom. The van der Waals surface area contributed by atoms with Gasteiger partial charge in [-0.15, -0.1) is 0 Å². The predicted octanol–water partition coefficient (Wildman–Crippen LogP) is 1.22. The van der Waals surface area contributed by atoms with Gasteiger partial charge in [-0.2, -0.15) is 0 Å². The number of anilines is 1. The van der Waals surface area contributed by atoms with Crippen molar-refractivity contribution in [3.8, 4) is 11.5 Å². The van der Waals surface area contributed by atoms with Crippen molar-refractivity contribution in [2.24, 2.45) is 0 Å². The van der Waals surface area contributed by atoms with Gasteiger partial charge in [0.1, 0.15) is 19.8 Å². The van der Waals surface area contributed by atoms with Crippen LogP contribution in [-0.2, 0) is 4.79 Å². The molecule has 0 spiro atoms. The summed E-state index contributed by atoms with van der Waals surface area (Å²) in [5, 5.41) is 2.80. The smallest absolute Gasteiger partial charge is 0.325 e. The molecule has 3 rings (SSSR count). The minimum absolute atomic E-state index is 0.0640. The second-order valence-corrected chi connectivity index (χ2v) is 5.91. The van der Waals surface area contributed by atoms with Gasteiger partial charge in [0.15, 0.2) is 11.5 Å². The fourth-order valence-electron chi connectivity index (χ4n) is 2.71. The molecule has 7 nitrogen and oxygen atoms in total. The number of hydrogen-bond donors (Lipinski definition) is 1. The number of urea groups is 1. The van der Waals surface area contributed by atoms with Crippen LogP contribution in [0.15, 0.2) is 18.2 Å². The van der Waals surface area contributed by atoms with Crippen molar-refractivity contribution in [2.75, 3.05) is 37.7 Å². The molecule has 124 valence electrons. The van der Waals surface area contributed by atoms with Crippen molar-refractivity contribution >= 4 is 17.6 Å². The monoisotopic (exact) mass is 319 g/mol. The quantitative estimate of drug-likeness (QED) is 0.906. The maximum absolute atomic E-state index is 12.5. The van der Waals surface area contributed by atoms with E-state index >= 15 is 0 Å². The highest BCUT2D eigenvalue weighted by Crippen LogP contribution is 2.34. The average Bonchev–Trinajstić information content (AvgIpc) is 2.87. The van der Waals surface area contributed by atoms with Crippen molar-refractivity contribution in [1.82, 2.24) is 10.2 Å². The van der Waals surface area contributed by atoms with Crippen LogP contribution in [0, 0.1) is 0 Å². The summed E-state index contributed by atoms with van der Waals surface area (Å²) in [4.78, 5) is 27.5. The number of rotatable bonds is 4. The molecule has 2 heterocycles. The zero-order chi connectivity index (χ0) is 16.4. The van der Waals surface area contributed by atoms with Gasteiger partial charge in [0.05, 0.1) is 0 Å². The highest BCUT2D eigenvalue weighted by atomic mass is 16.6. The van der Waals surface area contributed by atoms with E-state index in [1.54, 1.807) is 9.80 Å². The van der Waals surface area contributed by atoms with E-state index in [0.29, 0.717) is 37.8 Å². The molecular weight excluding hydrogens is 298 g/mol. The van der Waals surface area contributed by atoms with Crippen LogP contribution in [0.5, 0.6) is 11.5 Å². The summed E-state index contributed by atoms with van der Waals surface area (Å²) < 4.78 is 11.0. The molecule has 0 atom stereocenters. The second-order valence-electron chi connectivity index (χ2n) is 5.91. The van der Waals surface area contributed by atoms with Crippen molar-refractivity contribution in [1.29, 1.82) is 0 Å². The minimum atomic E-state index is -0.166. The van der Waals surface area contributed by atoms with Gasteiger partial charge < -0.3 is 19.7 Å². The number of hydrogen-bond acceptors (Lipinski definition) is 4. The molecule has 23 heavy (non-hydrogen) atoms. The molecule has 1 saturated heterocycles. The Morgan fingerprint density at radius 3 is 2.70 bits per heavy atom. The molecule has 0 aliphatic carbocycles. The largest absolute Gasteiger partial charge is 0.486 e. The SMILES string of the molecule is CC(C)NC(=O)CN1CCN(c2ccc3c(c2)OCCO3)C1=O. The molecule has 3 amide bonds. The fourth-order valence-corrected chi connectivity index (χ4v) is 2.71. The van der Waals surface area contributed by atoms with Crippen molar-refractivity contribution in [2.45, 2.75) is 19.9 Å². The van der Waals surface area contributed by atoms with Crippen molar-refractivity contribution in [3.63, 3.8) is 0 Å². The Kier molecular flexibility index (Phi) is 4.27. The summed E-state index contributed by atoms with van der Waals surface area (Å²) in [6, 6.07) is 5.35. The molecule has 0 aromatic heterocycles. The van der Waals surface area contributed by atoms with Crippen LogP contribution in [0.4, 0.5) is 10.5 Å². The predicted molar refractivity (Wildman–Crippen MR) is 85.0 cm³/mol. The zero-order valence-corrected chi connectivity index (χ0v) is 13.4. The molecule has 1 fully saturated rings. The number of ether oxygens (including phenoxy) is 2. The van der Waals surface area contributed by atoms with E-state index in [9.17, 15) is 9.59 Å². The van der Waals surface area contributed by atoms with Gasteiger partial charge in [-0.25, -0.2) is 4.79 Å². The summed E-state index contributed by atoms with van der Waals surface area (Å²) in [6.45, 7) is 5.99. The standard InChI is InChI=1S/C16H21N3O4/c1-11(2)17-15(20)10-18-5-6-19(16(18)21)12-3-4-13-14(9-12)23-8-7-22-13/h3-4,9,11H,5-8,10H2,1-2H3,(H,17,20). The maximum Gasteiger partial charge on any atom is 0.325 e. The van der Waals surface area contributed by atoms with Crippen molar-refractivity contribution in [3.05, 3.63) is 18.2 Å². The first kappa shape index (κ1) is 15.5. The first-order valence-corrected chi connectivity index (χ1v) is 7.80. The van der Waals surface area contributed by atoms with E-state index in [-0.39, 0.29) is 24.5 Å². The van der Waals surface area contributed by atoms with Crippen LogP contribution < -0.4 is 19.7 Å². The van der Waals surface area contributed by atoms with E-state index < -0.39 is 0 Å². The lowest BCUT2D eigenvalue weighted by atomic mass is 10.2. The van der Waals surface area contributed by atoms with E-state index in [1.165, 1.54) is 0 Å². The summed E-state index contributed by atoms with van der Waals surface area (Å²) in [6.07, 6.45) is 0. The highest BCUT2D eigenvalue weighted by Gasteiger charge is 2.31. The third-order valence-electron chi connectivity index (χ3n) is 3.72. The van der Waals surface area contributed by atoms with Crippen LogP contribution in [0.1, 0.15) is 13.8 Å². The Hall–Kier alpha value is -2.44. The topological polar surface area (TPSA) is 71.1 Å². The number of nitrogens with one attached hydrogen (secondary N) is 1. The molecule has 7 heteroatoms.